The number of alkyl carbamates (subject to hydrolysis) is 1. The van der Waals surface area contributed by atoms with Crippen LogP contribution < -0.4 is 21.3 Å². The van der Waals surface area contributed by atoms with Gasteiger partial charge in [-0.1, -0.05) is 88.4 Å². The summed E-state index contributed by atoms with van der Waals surface area (Å²) >= 11 is 0. The van der Waals surface area contributed by atoms with Crippen LogP contribution in [0.1, 0.15) is 64.6 Å². The van der Waals surface area contributed by atoms with Gasteiger partial charge in [0.1, 0.15) is 18.1 Å². The minimum Gasteiger partial charge on any atom is -0.453 e. The number of nitrogens with one attached hydrogen (secondary N) is 4. The van der Waals surface area contributed by atoms with E-state index in [2.05, 4.69) is 42.0 Å². The first-order valence-corrected chi connectivity index (χ1v) is 16.5. The summed E-state index contributed by atoms with van der Waals surface area (Å²) in [4.78, 5) is 53.1. The quantitative estimate of drug-likeness (QED) is 0.259. The zero-order valence-electron chi connectivity index (χ0n) is 28.1. The molecule has 2 aromatic rings. The van der Waals surface area contributed by atoms with Gasteiger partial charge in [0.2, 0.25) is 17.7 Å². The smallest absolute Gasteiger partial charge is 0.453 e. The second kappa shape index (κ2) is 14.1. The molecule has 7 atom stereocenters. The molecular formula is C35H47BN4O7. The summed E-state index contributed by atoms with van der Waals surface area (Å²) in [5, 5.41) is 11.2. The number of rotatable bonds is 12. The Hall–Kier alpha value is -3.90. The van der Waals surface area contributed by atoms with Gasteiger partial charge in [-0.3, -0.25) is 14.4 Å². The Morgan fingerprint density at radius 1 is 0.894 bits per heavy atom. The maximum Gasteiger partial charge on any atom is 0.478 e. The molecule has 6 rings (SSSR count). The van der Waals surface area contributed by atoms with Crippen molar-refractivity contribution in [2.24, 2.45) is 23.2 Å². The molecule has 1 aliphatic heterocycles. The van der Waals surface area contributed by atoms with Crippen LogP contribution in [0.5, 0.6) is 0 Å². The van der Waals surface area contributed by atoms with Crippen molar-refractivity contribution in [2.75, 3.05) is 13.6 Å². The maximum absolute atomic E-state index is 13.9. The molecule has 2 aromatic carbocycles. The zero-order valence-corrected chi connectivity index (χ0v) is 28.1. The molecule has 11 nitrogen and oxygen atoms in total. The molecule has 3 aliphatic carbocycles. The van der Waals surface area contributed by atoms with Gasteiger partial charge >= 0.3 is 13.2 Å². The largest absolute Gasteiger partial charge is 0.478 e. The summed E-state index contributed by atoms with van der Waals surface area (Å²) in [7, 11) is 0.614. The van der Waals surface area contributed by atoms with Crippen molar-refractivity contribution in [3.05, 3.63) is 71.8 Å². The summed E-state index contributed by atoms with van der Waals surface area (Å²) in [6, 6.07) is 15.1. The van der Waals surface area contributed by atoms with E-state index in [1.807, 2.05) is 36.4 Å². The highest BCUT2D eigenvalue weighted by Crippen LogP contribution is 2.65. The van der Waals surface area contributed by atoms with E-state index >= 15 is 0 Å². The molecule has 0 aromatic heterocycles. The summed E-state index contributed by atoms with van der Waals surface area (Å²) in [6.07, 6.45) is 1.58. The van der Waals surface area contributed by atoms with E-state index in [0.717, 1.165) is 18.4 Å². The molecule has 2 bridgehead atoms. The van der Waals surface area contributed by atoms with Crippen LogP contribution in [0.15, 0.2) is 60.7 Å². The number of methoxy groups -OCH3 is 1. The van der Waals surface area contributed by atoms with Gasteiger partial charge < -0.3 is 35.3 Å². The average Bonchev–Trinajstić information content (AvgIpc) is 3.41. The molecule has 4 fully saturated rings. The lowest BCUT2D eigenvalue weighted by Crippen LogP contribution is -2.65. The molecule has 4 N–H and O–H groups in total. The van der Waals surface area contributed by atoms with Gasteiger partial charge in [-0.2, -0.15) is 0 Å². The summed E-state index contributed by atoms with van der Waals surface area (Å²) in [5.74, 6) is -0.823. The van der Waals surface area contributed by atoms with Crippen molar-refractivity contribution in [3.8, 4) is 0 Å². The second-order valence-electron chi connectivity index (χ2n) is 14.1. The Morgan fingerprint density at radius 3 is 2.17 bits per heavy atom. The topological polar surface area (TPSA) is 144 Å². The lowest BCUT2D eigenvalue weighted by Gasteiger charge is -2.64. The number of ether oxygens (including phenoxy) is 1. The third-order valence-electron chi connectivity index (χ3n) is 10.4. The number of carbonyl (C=O) groups excluding carboxylic acids is 4. The van der Waals surface area contributed by atoms with Crippen LogP contribution in [0.4, 0.5) is 4.79 Å². The van der Waals surface area contributed by atoms with Crippen LogP contribution in [0.2, 0.25) is 0 Å². The van der Waals surface area contributed by atoms with E-state index in [9.17, 15) is 19.2 Å². The Kier molecular flexibility index (Phi) is 10.3. The summed E-state index contributed by atoms with van der Waals surface area (Å²) in [6.45, 7) is 10.3. The second-order valence-corrected chi connectivity index (χ2v) is 14.1. The van der Waals surface area contributed by atoms with Gasteiger partial charge in [0, 0.05) is 6.42 Å². The molecule has 47 heavy (non-hydrogen) atoms. The number of carbonyl (C=O) groups is 4. The molecule has 0 radical (unpaired) electrons. The lowest BCUT2D eigenvalue weighted by molar-refractivity contribution is -0.199. The van der Waals surface area contributed by atoms with Crippen molar-refractivity contribution in [1.29, 1.82) is 0 Å². The highest BCUT2D eigenvalue weighted by atomic mass is 16.7. The number of hydrogen-bond donors (Lipinski definition) is 4. The molecule has 3 saturated carbocycles. The minimum atomic E-state index is -1.06. The Morgan fingerprint density at radius 2 is 1.55 bits per heavy atom. The van der Waals surface area contributed by atoms with E-state index < -0.39 is 54.7 Å². The molecule has 4 aliphatic rings. The first-order valence-electron chi connectivity index (χ1n) is 16.5. The third kappa shape index (κ3) is 7.33. The normalized spacial score (nSPS) is 25.8. The fraction of sp³-hybridized carbons (Fsp3) is 0.543. The lowest BCUT2D eigenvalue weighted by atomic mass is 9.43. The fourth-order valence-corrected chi connectivity index (χ4v) is 7.55. The first-order chi connectivity index (χ1) is 22.3. The van der Waals surface area contributed by atoms with Crippen LogP contribution in [0, 0.1) is 23.2 Å². The van der Waals surface area contributed by atoms with Crippen molar-refractivity contribution >= 4 is 30.9 Å². The van der Waals surface area contributed by atoms with E-state index in [4.69, 9.17) is 14.0 Å². The third-order valence-corrected chi connectivity index (χ3v) is 10.4. The van der Waals surface area contributed by atoms with E-state index in [0.29, 0.717) is 17.4 Å². The zero-order chi connectivity index (χ0) is 33.9. The van der Waals surface area contributed by atoms with Crippen LogP contribution >= 0.6 is 0 Å². The number of hydrogen-bond acceptors (Lipinski definition) is 7. The van der Waals surface area contributed by atoms with Gasteiger partial charge in [-0.25, -0.2) is 4.79 Å². The highest BCUT2D eigenvalue weighted by Gasteiger charge is 2.67. The van der Waals surface area contributed by atoms with E-state index in [1.54, 1.807) is 38.1 Å². The molecule has 252 valence electrons. The van der Waals surface area contributed by atoms with Crippen molar-refractivity contribution < 1.29 is 33.2 Å². The van der Waals surface area contributed by atoms with E-state index in [1.165, 1.54) is 7.11 Å². The SMILES string of the molecule is COC(=O)NC(C(=O)NC(Cc1ccccc1)C(=O)NC(C(=O)NCB1O[C@@H]2C[C@@H]3CC(C3(C)C)[C@]2(C)O1)c1ccccc1)C(C)C. The van der Waals surface area contributed by atoms with Gasteiger partial charge in [0.25, 0.3) is 0 Å². The maximum atomic E-state index is 13.9. The van der Waals surface area contributed by atoms with Crippen molar-refractivity contribution in [2.45, 2.75) is 83.7 Å². The van der Waals surface area contributed by atoms with Gasteiger partial charge in [0.05, 0.1) is 25.3 Å². The number of benzene rings is 2. The molecule has 4 unspecified atom stereocenters. The van der Waals surface area contributed by atoms with Crippen LogP contribution in [0.25, 0.3) is 0 Å². The molecule has 0 spiro atoms. The number of amides is 4. The van der Waals surface area contributed by atoms with Gasteiger partial charge in [0.15, 0.2) is 0 Å². The summed E-state index contributed by atoms with van der Waals surface area (Å²) < 4.78 is 17.5. The fourth-order valence-electron chi connectivity index (χ4n) is 7.55. The Bertz CT molecular complexity index is 1440. The molecule has 1 heterocycles. The molecule has 4 amide bonds. The van der Waals surface area contributed by atoms with Gasteiger partial charge in [-0.15, -0.1) is 0 Å². The molecule has 1 saturated heterocycles. The van der Waals surface area contributed by atoms with Crippen molar-refractivity contribution in [1.82, 2.24) is 21.3 Å². The summed E-state index contributed by atoms with van der Waals surface area (Å²) in [5.41, 5.74) is 1.18. The first kappa shape index (κ1) is 34.4. The van der Waals surface area contributed by atoms with Crippen LogP contribution in [-0.4, -0.2) is 68.3 Å². The van der Waals surface area contributed by atoms with E-state index in [-0.39, 0.29) is 30.3 Å². The standard InChI is InChI=1S/C35H47BN4O7/c1-21(2)28(40-33(44)45-6)32(43)38-25(17-22-13-9-7-10-14-22)30(41)39-29(23-15-11-8-12-16-23)31(42)37-20-36-46-27-19-24-18-26(34(24,3)4)35(27,5)47-36/h7-16,21,24-29H,17-20H2,1-6H3,(H,37,42)(H,38,43)(H,39,41)(H,40,44)/t24-,25?,26?,27+,28?,29?,35-/m0/s1. The molecule has 12 heteroatoms. The minimum absolute atomic E-state index is 0.0171. The Labute approximate surface area is 277 Å². The van der Waals surface area contributed by atoms with Crippen molar-refractivity contribution in [3.63, 3.8) is 0 Å². The molecular weight excluding hydrogens is 599 g/mol. The monoisotopic (exact) mass is 646 g/mol. The van der Waals surface area contributed by atoms with Crippen LogP contribution in [0.3, 0.4) is 0 Å². The highest BCUT2D eigenvalue weighted by molar-refractivity contribution is 6.46. The predicted octanol–water partition coefficient (Wildman–Crippen LogP) is 3.34. The Balaban J connectivity index is 1.30. The van der Waals surface area contributed by atoms with Crippen LogP contribution in [-0.2, 0) is 34.9 Å². The van der Waals surface area contributed by atoms with Gasteiger partial charge in [-0.05, 0) is 54.1 Å². The predicted molar refractivity (Wildman–Crippen MR) is 177 cm³/mol. The average molecular weight is 647 g/mol.